The Morgan fingerprint density at radius 2 is 1.90 bits per heavy atom. The zero-order valence-corrected chi connectivity index (χ0v) is 26.0. The van der Waals surface area contributed by atoms with Gasteiger partial charge in [0, 0.05) is 56.2 Å². The van der Waals surface area contributed by atoms with Crippen LogP contribution in [0.25, 0.3) is 0 Å². The van der Waals surface area contributed by atoms with E-state index in [2.05, 4.69) is 31.5 Å². The number of piperidine rings is 1. The Hall–Kier alpha value is -1.84. The summed E-state index contributed by atoms with van der Waals surface area (Å²) in [4.78, 5) is 15.6. The molecule has 1 aromatic carbocycles. The molecule has 12 nitrogen and oxygen atoms in total. The molecule has 0 radical (unpaired) electrons. The van der Waals surface area contributed by atoms with Crippen molar-refractivity contribution in [1.82, 2.24) is 25.2 Å². The summed E-state index contributed by atoms with van der Waals surface area (Å²) >= 11 is 0. The minimum absolute atomic E-state index is 0.0960. The summed E-state index contributed by atoms with van der Waals surface area (Å²) < 4.78 is 38.4. The van der Waals surface area contributed by atoms with E-state index in [0.29, 0.717) is 49.6 Å². The van der Waals surface area contributed by atoms with Crippen LogP contribution in [0.15, 0.2) is 18.2 Å². The average Bonchev–Trinajstić information content (AvgIpc) is 3.52. The Kier molecular flexibility index (Phi) is 10.7. The lowest BCUT2D eigenvalue weighted by atomic mass is 9.86. The van der Waals surface area contributed by atoms with E-state index in [1.807, 2.05) is 25.1 Å². The third kappa shape index (κ3) is 7.44. The number of aryl methyl sites for hydroxylation is 1. The molecule has 6 unspecified atom stereocenters. The smallest absolute Gasteiger partial charge is 0.253 e. The van der Waals surface area contributed by atoms with Crippen LogP contribution in [0, 0.1) is 12.8 Å². The molecule has 0 saturated carbocycles. The van der Waals surface area contributed by atoms with E-state index in [1.54, 1.807) is 13.8 Å². The van der Waals surface area contributed by atoms with Gasteiger partial charge in [-0.1, -0.05) is 19.9 Å². The molecular weight excluding hydrogens is 558 g/mol. The van der Waals surface area contributed by atoms with Crippen molar-refractivity contribution in [3.05, 3.63) is 23.8 Å². The highest BCUT2D eigenvalue weighted by atomic mass is 32.2. The topological polar surface area (TPSA) is 136 Å². The Labute approximate surface area is 250 Å². The lowest BCUT2D eigenvalue weighted by Gasteiger charge is -2.44. The number of carbonyl (C=O) groups is 1. The monoisotopic (exact) mass is 607 g/mol. The van der Waals surface area contributed by atoms with E-state index in [4.69, 9.17) is 9.47 Å². The van der Waals surface area contributed by atoms with Crippen LogP contribution in [0.4, 0.5) is 11.4 Å². The van der Waals surface area contributed by atoms with E-state index in [1.165, 1.54) is 10.7 Å². The molecule has 4 heterocycles. The van der Waals surface area contributed by atoms with E-state index in [9.17, 15) is 13.2 Å². The molecule has 13 heteroatoms. The van der Waals surface area contributed by atoms with Crippen LogP contribution >= 0.6 is 0 Å². The van der Waals surface area contributed by atoms with Gasteiger partial charge in [-0.05, 0) is 69.3 Å². The molecule has 1 aromatic rings. The largest absolute Gasteiger partial charge is 0.379 e. The van der Waals surface area contributed by atoms with Crippen molar-refractivity contribution >= 4 is 27.3 Å². The van der Waals surface area contributed by atoms with Crippen molar-refractivity contribution < 1.29 is 22.7 Å². The van der Waals surface area contributed by atoms with Crippen molar-refractivity contribution in [2.24, 2.45) is 5.92 Å². The van der Waals surface area contributed by atoms with Gasteiger partial charge in [-0.3, -0.25) is 20.3 Å². The predicted octanol–water partition coefficient (Wildman–Crippen LogP) is 1.07. The molecule has 5 rings (SSSR count). The van der Waals surface area contributed by atoms with Crippen molar-refractivity contribution in [3.8, 4) is 0 Å². The van der Waals surface area contributed by atoms with Gasteiger partial charge < -0.3 is 25.4 Å². The predicted molar refractivity (Wildman–Crippen MR) is 164 cm³/mol. The fraction of sp³-hybridized carbons (Fsp3) is 0.759. The van der Waals surface area contributed by atoms with Gasteiger partial charge >= 0.3 is 0 Å². The zero-order valence-electron chi connectivity index (χ0n) is 25.2. The third-order valence-corrected chi connectivity index (χ3v) is 11.4. The lowest BCUT2D eigenvalue weighted by molar-refractivity contribution is -0.125. The highest BCUT2D eigenvalue weighted by Crippen LogP contribution is 2.28. The molecule has 4 aliphatic heterocycles. The van der Waals surface area contributed by atoms with Gasteiger partial charge in [0.15, 0.2) is 5.44 Å². The van der Waals surface area contributed by atoms with Crippen molar-refractivity contribution in [2.45, 2.75) is 76.4 Å². The van der Waals surface area contributed by atoms with Crippen LogP contribution in [0.2, 0.25) is 0 Å². The third-order valence-electron chi connectivity index (χ3n) is 9.15. The maximum absolute atomic E-state index is 13.0. The number of nitrogens with one attached hydrogen (secondary N) is 5. The first kappa shape index (κ1) is 31.6. The molecule has 4 fully saturated rings. The molecule has 0 bridgehead atoms. The standard InChI is InChI=1S/C29H49N7O5S/c1-4-36(5-2)42(38,39)27-9-8-26(41-27)28(37)32-22-7-6-20(3)25(17-22)34-29-31-11-10-24(33-29)21-16-23(19-30-18-21)35-12-14-40-15-13-35/h6-7,17,21,23-24,26-27,29-31,33-34H,4-5,8-16,18-19H2,1-3H3,(H,32,37). The maximum Gasteiger partial charge on any atom is 0.253 e. The summed E-state index contributed by atoms with van der Waals surface area (Å²) in [5.74, 6) is 0.223. The maximum atomic E-state index is 13.0. The molecule has 0 spiro atoms. The van der Waals surface area contributed by atoms with Gasteiger partial charge in [-0.15, -0.1) is 0 Å². The van der Waals surface area contributed by atoms with Crippen molar-refractivity contribution in [2.75, 3.05) is 69.7 Å². The fourth-order valence-electron chi connectivity index (χ4n) is 6.68. The first-order chi connectivity index (χ1) is 20.3. The number of ether oxygens (including phenoxy) is 2. The number of amides is 1. The number of hydrogen-bond acceptors (Lipinski definition) is 10. The number of sulfonamides is 1. The molecule has 236 valence electrons. The summed E-state index contributed by atoms with van der Waals surface area (Å²) in [5.41, 5.74) is 1.64. The number of morpholine rings is 1. The average molecular weight is 608 g/mol. The lowest BCUT2D eigenvalue weighted by Crippen LogP contribution is -2.62. The molecule has 6 atom stereocenters. The number of rotatable bonds is 10. The molecular formula is C29H49N7O5S. The second-order valence-electron chi connectivity index (χ2n) is 11.8. The second kappa shape index (κ2) is 14.3. The molecule has 0 aromatic heterocycles. The van der Waals surface area contributed by atoms with Crippen LogP contribution in [-0.4, -0.2) is 112 Å². The normalized spacial score (nSPS) is 31.2. The summed E-state index contributed by atoms with van der Waals surface area (Å²) in [7, 11) is -3.59. The minimum atomic E-state index is -3.59. The van der Waals surface area contributed by atoms with E-state index in [-0.39, 0.29) is 12.2 Å². The SMILES string of the molecule is CCN(CC)S(=O)(=O)C1CCC(C(=O)Nc2ccc(C)c(NC3NCCC(C4CNCC(N5CCOCC5)C4)N3)c2)O1. The van der Waals surface area contributed by atoms with Gasteiger partial charge in [0.2, 0.25) is 10.0 Å². The van der Waals surface area contributed by atoms with Gasteiger partial charge in [-0.25, -0.2) is 12.7 Å². The second-order valence-corrected chi connectivity index (χ2v) is 13.9. The number of hydrogen-bond donors (Lipinski definition) is 5. The van der Waals surface area contributed by atoms with Crippen molar-refractivity contribution in [1.29, 1.82) is 0 Å². The Balaban J connectivity index is 1.16. The van der Waals surface area contributed by atoms with Gasteiger partial charge in [0.25, 0.3) is 5.91 Å². The Bertz CT molecular complexity index is 1160. The first-order valence-electron chi connectivity index (χ1n) is 15.6. The van der Waals surface area contributed by atoms with Gasteiger partial charge in [0.1, 0.15) is 12.4 Å². The van der Waals surface area contributed by atoms with Crippen LogP contribution in [-0.2, 0) is 24.3 Å². The van der Waals surface area contributed by atoms with Gasteiger partial charge in [0.05, 0.1) is 13.2 Å². The zero-order chi connectivity index (χ0) is 29.7. The summed E-state index contributed by atoms with van der Waals surface area (Å²) in [5, 5.41) is 17.5. The molecule has 0 aliphatic carbocycles. The van der Waals surface area contributed by atoms with E-state index < -0.39 is 21.6 Å². The highest BCUT2D eigenvalue weighted by molar-refractivity contribution is 7.89. The summed E-state index contributed by atoms with van der Waals surface area (Å²) in [6.07, 6.45) is 2.03. The molecule has 1 amide bonds. The number of benzene rings is 1. The highest BCUT2D eigenvalue weighted by Gasteiger charge is 2.41. The first-order valence-corrected chi connectivity index (χ1v) is 17.1. The number of anilines is 2. The summed E-state index contributed by atoms with van der Waals surface area (Å²) in [6, 6.07) is 6.70. The quantitative estimate of drug-likeness (QED) is 0.263. The van der Waals surface area contributed by atoms with E-state index in [0.717, 1.165) is 63.6 Å². The van der Waals surface area contributed by atoms with Gasteiger partial charge in [-0.2, -0.15) is 0 Å². The Morgan fingerprint density at radius 1 is 1.12 bits per heavy atom. The molecule has 4 aliphatic rings. The minimum Gasteiger partial charge on any atom is -0.379 e. The van der Waals surface area contributed by atoms with Crippen LogP contribution in [0.5, 0.6) is 0 Å². The van der Waals surface area contributed by atoms with Crippen LogP contribution in [0.1, 0.15) is 45.1 Å². The van der Waals surface area contributed by atoms with Crippen molar-refractivity contribution in [3.63, 3.8) is 0 Å². The molecule has 5 N–H and O–H groups in total. The van der Waals surface area contributed by atoms with Crippen LogP contribution in [0.3, 0.4) is 0 Å². The molecule has 42 heavy (non-hydrogen) atoms. The Morgan fingerprint density at radius 3 is 2.67 bits per heavy atom. The number of nitrogens with zero attached hydrogens (tertiary/aromatic N) is 2. The summed E-state index contributed by atoms with van der Waals surface area (Å²) in [6.45, 7) is 13.1. The van der Waals surface area contributed by atoms with E-state index >= 15 is 0 Å². The number of carbonyl (C=O) groups excluding carboxylic acids is 1. The molecule has 4 saturated heterocycles. The van der Waals surface area contributed by atoms with Crippen LogP contribution < -0.4 is 26.6 Å². The fourth-order valence-corrected chi connectivity index (χ4v) is 8.45.